The number of halogens is 2. The summed E-state index contributed by atoms with van der Waals surface area (Å²) in [5.41, 5.74) is 0.644. The van der Waals surface area contributed by atoms with E-state index in [2.05, 4.69) is 0 Å². The number of hydrogen-bond acceptors (Lipinski definition) is 4. The number of allylic oxidation sites excluding steroid dienone is 1. The smallest absolute Gasteiger partial charge is 0.212 e. The summed E-state index contributed by atoms with van der Waals surface area (Å²) in [6, 6.07) is 10.6. The molecule has 2 aromatic carbocycles. The molecule has 0 aliphatic rings. The van der Waals surface area contributed by atoms with Crippen LogP contribution < -0.4 is 4.74 Å². The van der Waals surface area contributed by atoms with Gasteiger partial charge in [0.05, 0.1) is 11.6 Å². The number of benzene rings is 2. The quantitative estimate of drug-likeness (QED) is 0.479. The fraction of sp³-hybridized carbons (Fsp3) is 0.111. The highest BCUT2D eigenvalue weighted by Gasteiger charge is 2.16. The van der Waals surface area contributed by atoms with Gasteiger partial charge in [-0.05, 0) is 36.4 Å². The van der Waals surface area contributed by atoms with E-state index in [0.717, 1.165) is 12.3 Å². The van der Waals surface area contributed by atoms with Gasteiger partial charge in [0.1, 0.15) is 17.8 Å². The molecule has 0 aliphatic carbocycles. The van der Waals surface area contributed by atoms with E-state index in [1.54, 1.807) is 14.1 Å². The molecule has 6 heteroatoms. The summed E-state index contributed by atoms with van der Waals surface area (Å²) in [5.74, 6) is -1.68. The van der Waals surface area contributed by atoms with Gasteiger partial charge in [-0.25, -0.2) is 8.78 Å². The van der Waals surface area contributed by atoms with Crippen molar-refractivity contribution in [2.45, 2.75) is 0 Å². The van der Waals surface area contributed by atoms with Crippen molar-refractivity contribution in [2.24, 2.45) is 0 Å². The Labute approximate surface area is 138 Å². The molecule has 0 amide bonds. The third kappa shape index (κ3) is 3.96. The molecule has 0 aromatic heterocycles. The SMILES string of the molecule is CN(C)C(=COc1cc(C#N)ccc1F)C(=O)c1ccc(F)cc1. The number of ketones is 1. The molecule has 0 heterocycles. The summed E-state index contributed by atoms with van der Waals surface area (Å²) >= 11 is 0. The van der Waals surface area contributed by atoms with Gasteiger partial charge in [0, 0.05) is 25.7 Å². The lowest BCUT2D eigenvalue weighted by Gasteiger charge is -2.16. The van der Waals surface area contributed by atoms with E-state index in [4.69, 9.17) is 10.00 Å². The number of hydrogen-bond donors (Lipinski definition) is 0. The Hall–Kier alpha value is -3.20. The number of Topliss-reactive ketones (excluding diaryl/α,β-unsaturated/α-hetero) is 1. The molecule has 0 unspecified atom stereocenters. The monoisotopic (exact) mass is 328 g/mol. The first-order chi connectivity index (χ1) is 11.4. The zero-order valence-electron chi connectivity index (χ0n) is 13.1. The van der Waals surface area contributed by atoms with Gasteiger partial charge >= 0.3 is 0 Å². The van der Waals surface area contributed by atoms with Gasteiger partial charge in [0.25, 0.3) is 0 Å². The Balaban J connectivity index is 2.31. The first-order valence-corrected chi connectivity index (χ1v) is 6.96. The van der Waals surface area contributed by atoms with Gasteiger partial charge in [-0.3, -0.25) is 4.79 Å². The first-order valence-electron chi connectivity index (χ1n) is 6.96. The molecule has 0 N–H and O–H groups in total. The van der Waals surface area contributed by atoms with Crippen molar-refractivity contribution in [3.8, 4) is 11.8 Å². The Bertz CT molecular complexity index is 822. The maximum absolute atomic E-state index is 13.7. The third-order valence-corrected chi connectivity index (χ3v) is 3.18. The van der Waals surface area contributed by atoms with Crippen LogP contribution in [0.3, 0.4) is 0 Å². The van der Waals surface area contributed by atoms with Crippen molar-refractivity contribution in [3.05, 3.63) is 77.2 Å². The fourth-order valence-electron chi connectivity index (χ4n) is 1.89. The second-order valence-corrected chi connectivity index (χ2v) is 5.11. The predicted molar refractivity (Wildman–Crippen MR) is 84.2 cm³/mol. The molecule has 0 atom stereocenters. The summed E-state index contributed by atoms with van der Waals surface area (Å²) in [6.07, 6.45) is 1.10. The number of likely N-dealkylation sites (N-methyl/N-ethyl adjacent to an activating group) is 1. The molecule has 24 heavy (non-hydrogen) atoms. The van der Waals surface area contributed by atoms with Crippen molar-refractivity contribution in [1.29, 1.82) is 5.26 Å². The largest absolute Gasteiger partial charge is 0.460 e. The van der Waals surface area contributed by atoms with Crippen LogP contribution in [-0.4, -0.2) is 24.8 Å². The van der Waals surface area contributed by atoms with E-state index in [1.807, 2.05) is 6.07 Å². The van der Waals surface area contributed by atoms with Gasteiger partial charge in [-0.1, -0.05) is 0 Å². The average Bonchev–Trinajstić information content (AvgIpc) is 2.56. The van der Waals surface area contributed by atoms with E-state index >= 15 is 0 Å². The van der Waals surface area contributed by atoms with Crippen LogP contribution in [0.2, 0.25) is 0 Å². The molecule has 0 fully saturated rings. The average molecular weight is 328 g/mol. The van der Waals surface area contributed by atoms with Crippen molar-refractivity contribution in [1.82, 2.24) is 4.90 Å². The maximum Gasteiger partial charge on any atom is 0.212 e. The lowest BCUT2D eigenvalue weighted by Crippen LogP contribution is -2.20. The molecular formula is C18H14F2N2O2. The molecule has 0 spiro atoms. The van der Waals surface area contributed by atoms with Gasteiger partial charge in [-0.2, -0.15) is 5.26 Å². The maximum atomic E-state index is 13.7. The molecule has 122 valence electrons. The second-order valence-electron chi connectivity index (χ2n) is 5.11. The Morgan fingerprint density at radius 2 is 1.83 bits per heavy atom. The molecule has 2 aromatic rings. The molecule has 0 saturated heterocycles. The summed E-state index contributed by atoms with van der Waals surface area (Å²) in [6.45, 7) is 0. The molecule has 0 aliphatic heterocycles. The van der Waals surface area contributed by atoms with Gasteiger partial charge < -0.3 is 9.64 Å². The van der Waals surface area contributed by atoms with Crippen LogP contribution in [-0.2, 0) is 0 Å². The Morgan fingerprint density at radius 1 is 1.17 bits per heavy atom. The molecule has 2 rings (SSSR count). The van der Waals surface area contributed by atoms with Crippen LogP contribution in [0, 0.1) is 23.0 Å². The highest BCUT2D eigenvalue weighted by molar-refractivity contribution is 6.08. The van der Waals surface area contributed by atoms with E-state index in [9.17, 15) is 13.6 Å². The van der Waals surface area contributed by atoms with E-state index in [1.165, 1.54) is 41.3 Å². The minimum atomic E-state index is -0.655. The van der Waals surface area contributed by atoms with Gasteiger partial charge in [0.2, 0.25) is 5.78 Å². The zero-order chi connectivity index (χ0) is 17.7. The van der Waals surface area contributed by atoms with E-state index in [-0.39, 0.29) is 22.6 Å². The van der Waals surface area contributed by atoms with Crippen LogP contribution in [0.5, 0.6) is 5.75 Å². The van der Waals surface area contributed by atoms with Crippen LogP contribution in [0.15, 0.2) is 54.4 Å². The highest BCUT2D eigenvalue weighted by atomic mass is 19.1. The summed E-state index contributed by atoms with van der Waals surface area (Å²) in [4.78, 5) is 14.0. The van der Waals surface area contributed by atoms with Gasteiger partial charge in [0.15, 0.2) is 11.6 Å². The van der Waals surface area contributed by atoms with Crippen LogP contribution in [0.1, 0.15) is 15.9 Å². The molecular weight excluding hydrogens is 314 g/mol. The topological polar surface area (TPSA) is 53.3 Å². The van der Waals surface area contributed by atoms with Crippen LogP contribution in [0.4, 0.5) is 8.78 Å². The fourth-order valence-corrected chi connectivity index (χ4v) is 1.89. The van der Waals surface area contributed by atoms with Crippen LogP contribution in [0.25, 0.3) is 0 Å². The van der Waals surface area contributed by atoms with Crippen molar-refractivity contribution < 1.29 is 18.3 Å². The number of ether oxygens (including phenoxy) is 1. The third-order valence-electron chi connectivity index (χ3n) is 3.18. The van der Waals surface area contributed by atoms with Crippen LogP contribution >= 0.6 is 0 Å². The first kappa shape index (κ1) is 17.2. The van der Waals surface area contributed by atoms with Gasteiger partial charge in [-0.15, -0.1) is 0 Å². The number of rotatable bonds is 5. The number of nitrogens with zero attached hydrogens (tertiary/aromatic N) is 2. The standard InChI is InChI=1S/C18H14F2N2O2/c1-22(2)16(18(23)13-4-6-14(19)7-5-13)11-24-17-9-12(10-21)3-8-15(17)20/h3-9,11H,1-2H3. The molecule has 4 nitrogen and oxygen atoms in total. The minimum absolute atomic E-state index is 0.142. The lowest BCUT2D eigenvalue weighted by atomic mass is 10.1. The van der Waals surface area contributed by atoms with Crippen molar-refractivity contribution in [2.75, 3.05) is 14.1 Å². The Morgan fingerprint density at radius 3 is 2.42 bits per heavy atom. The molecule has 0 saturated carbocycles. The Kier molecular flexibility index (Phi) is 5.27. The lowest BCUT2D eigenvalue weighted by molar-refractivity contribution is 0.1000. The molecule has 0 bridgehead atoms. The van der Waals surface area contributed by atoms with Crippen molar-refractivity contribution in [3.63, 3.8) is 0 Å². The number of carbonyl (C=O) groups excluding carboxylic acids is 1. The summed E-state index contributed by atoms with van der Waals surface area (Å²) in [5, 5.41) is 8.84. The minimum Gasteiger partial charge on any atom is -0.460 e. The second kappa shape index (κ2) is 7.38. The predicted octanol–water partition coefficient (Wildman–Crippen LogP) is 3.50. The molecule has 0 radical (unpaired) electrons. The highest BCUT2D eigenvalue weighted by Crippen LogP contribution is 2.20. The normalized spacial score (nSPS) is 10.9. The zero-order valence-corrected chi connectivity index (χ0v) is 13.1. The summed E-state index contributed by atoms with van der Waals surface area (Å²) < 4.78 is 31.9. The van der Waals surface area contributed by atoms with Crippen molar-refractivity contribution >= 4 is 5.78 Å². The van der Waals surface area contributed by atoms with E-state index in [0.29, 0.717) is 0 Å². The van der Waals surface area contributed by atoms with E-state index < -0.39 is 17.4 Å². The number of nitriles is 1. The summed E-state index contributed by atoms with van der Waals surface area (Å²) in [7, 11) is 3.25. The number of carbonyl (C=O) groups is 1.